The van der Waals surface area contributed by atoms with Gasteiger partial charge in [0.05, 0.1) is 16.9 Å². The van der Waals surface area contributed by atoms with Gasteiger partial charge in [0.1, 0.15) is 5.65 Å². The third-order valence-corrected chi connectivity index (χ3v) is 10.7. The Morgan fingerprint density at radius 3 is 1.89 bits per heavy atom. The summed E-state index contributed by atoms with van der Waals surface area (Å²) in [5.41, 5.74) is 12.4. The zero-order chi connectivity index (χ0) is 36.0. The standard InChI is InChI=1S/C52H36N2/c1-2-3-6-23-40-34-46(42-24-13-15-26-44(42)49(40)41-29-28-35-17-11-12-22-38(35)32-41)39-30-31-48-47(33-39)43-25-14-16-27-45(43)52-53-50(36-18-7-4-8-19-36)51(54(48)52)37-20-9-5-10-21-37/h2-34H,1H3/b3-2-,23-6-. The molecule has 10 aromatic rings. The number of benzene rings is 8. The van der Waals surface area contributed by atoms with Crippen LogP contribution in [0.5, 0.6) is 0 Å². The van der Waals surface area contributed by atoms with Crippen molar-refractivity contribution < 1.29 is 0 Å². The number of hydrogen-bond donors (Lipinski definition) is 0. The second-order valence-electron chi connectivity index (χ2n) is 13.9. The average molecular weight is 689 g/mol. The highest BCUT2D eigenvalue weighted by molar-refractivity contribution is 6.15. The SMILES string of the molecule is C/C=C\C=C/c1cc(-c2ccc3c(c2)c2ccccc2c2nc(-c4ccccc4)c(-c4ccccc4)n32)c2ccccc2c1-c1ccc2ccccc2c1. The smallest absolute Gasteiger partial charge is 0.146 e. The fourth-order valence-electron chi connectivity index (χ4n) is 8.23. The predicted octanol–water partition coefficient (Wildman–Crippen LogP) is 14.2. The summed E-state index contributed by atoms with van der Waals surface area (Å²) in [5, 5.41) is 8.47. The monoisotopic (exact) mass is 688 g/mol. The second kappa shape index (κ2) is 13.2. The van der Waals surface area contributed by atoms with Gasteiger partial charge < -0.3 is 0 Å². The van der Waals surface area contributed by atoms with Crippen molar-refractivity contribution in [2.75, 3.05) is 0 Å². The van der Waals surface area contributed by atoms with Crippen molar-refractivity contribution in [3.8, 4) is 44.8 Å². The van der Waals surface area contributed by atoms with Gasteiger partial charge in [0.2, 0.25) is 0 Å². The molecule has 0 bridgehead atoms. The predicted molar refractivity (Wildman–Crippen MR) is 231 cm³/mol. The van der Waals surface area contributed by atoms with Crippen molar-refractivity contribution in [3.05, 3.63) is 200 Å². The first-order valence-electron chi connectivity index (χ1n) is 18.6. The molecule has 0 unspecified atom stereocenters. The molecule has 54 heavy (non-hydrogen) atoms. The summed E-state index contributed by atoms with van der Waals surface area (Å²) in [5.74, 6) is 0. The van der Waals surface area contributed by atoms with Crippen LogP contribution >= 0.6 is 0 Å². The molecule has 0 fully saturated rings. The largest absolute Gasteiger partial charge is 0.291 e. The molecule has 2 nitrogen and oxygen atoms in total. The molecule has 0 spiro atoms. The van der Waals surface area contributed by atoms with Crippen LogP contribution in [0.4, 0.5) is 0 Å². The quantitative estimate of drug-likeness (QED) is 0.126. The summed E-state index contributed by atoms with van der Waals surface area (Å²) in [6.45, 7) is 2.06. The molecule has 8 aromatic carbocycles. The Kier molecular flexibility index (Phi) is 7.74. The van der Waals surface area contributed by atoms with E-state index in [1.165, 1.54) is 60.1 Å². The lowest BCUT2D eigenvalue weighted by molar-refractivity contribution is 1.27. The Morgan fingerprint density at radius 1 is 0.463 bits per heavy atom. The Balaban J connectivity index is 1.27. The molecule has 254 valence electrons. The van der Waals surface area contributed by atoms with Gasteiger partial charge in [0, 0.05) is 21.9 Å². The molecule has 0 aliphatic rings. The highest BCUT2D eigenvalue weighted by atomic mass is 15.0. The van der Waals surface area contributed by atoms with Crippen LogP contribution < -0.4 is 0 Å². The summed E-state index contributed by atoms with van der Waals surface area (Å²) in [7, 11) is 0. The summed E-state index contributed by atoms with van der Waals surface area (Å²) in [4.78, 5) is 5.41. The van der Waals surface area contributed by atoms with Crippen LogP contribution in [0.15, 0.2) is 194 Å². The first-order valence-corrected chi connectivity index (χ1v) is 18.6. The van der Waals surface area contributed by atoms with Crippen molar-refractivity contribution in [3.63, 3.8) is 0 Å². The third-order valence-electron chi connectivity index (χ3n) is 10.7. The molecule has 0 radical (unpaired) electrons. The maximum absolute atomic E-state index is 5.41. The number of hydrogen-bond acceptors (Lipinski definition) is 1. The van der Waals surface area contributed by atoms with Crippen molar-refractivity contribution in [1.82, 2.24) is 9.38 Å². The van der Waals surface area contributed by atoms with Gasteiger partial charge in [-0.1, -0.05) is 176 Å². The minimum absolute atomic E-state index is 0.963. The lowest BCUT2D eigenvalue weighted by atomic mass is 9.87. The number of nitrogens with zero attached hydrogens (tertiary/aromatic N) is 2. The van der Waals surface area contributed by atoms with E-state index in [1.807, 2.05) is 0 Å². The molecule has 2 heterocycles. The summed E-state index contributed by atoms with van der Waals surface area (Å²) in [6, 6.07) is 63.7. The van der Waals surface area contributed by atoms with Gasteiger partial charge in [0.15, 0.2) is 0 Å². The molecule has 0 saturated heterocycles. The Bertz CT molecular complexity index is 3090. The van der Waals surface area contributed by atoms with E-state index in [9.17, 15) is 0 Å². The number of rotatable bonds is 6. The molecule has 0 atom stereocenters. The van der Waals surface area contributed by atoms with E-state index < -0.39 is 0 Å². The molecule has 10 rings (SSSR count). The van der Waals surface area contributed by atoms with Crippen LogP contribution in [0.1, 0.15) is 12.5 Å². The summed E-state index contributed by atoms with van der Waals surface area (Å²) < 4.78 is 2.38. The van der Waals surface area contributed by atoms with Gasteiger partial charge in [-0.3, -0.25) is 4.40 Å². The van der Waals surface area contributed by atoms with Gasteiger partial charge in [-0.05, 0) is 85.9 Å². The van der Waals surface area contributed by atoms with Crippen LogP contribution in [-0.2, 0) is 0 Å². The summed E-state index contributed by atoms with van der Waals surface area (Å²) >= 11 is 0. The highest BCUT2D eigenvalue weighted by Crippen LogP contribution is 2.43. The number of pyridine rings is 1. The fraction of sp³-hybridized carbons (Fsp3) is 0.0192. The van der Waals surface area contributed by atoms with Crippen LogP contribution in [-0.4, -0.2) is 9.38 Å². The van der Waals surface area contributed by atoms with E-state index >= 15 is 0 Å². The van der Waals surface area contributed by atoms with E-state index in [1.54, 1.807) is 0 Å². The molecule has 0 aliphatic heterocycles. The zero-order valence-corrected chi connectivity index (χ0v) is 29.9. The molecule has 2 aromatic heterocycles. The number of imidazole rings is 1. The average Bonchev–Trinajstić information content (AvgIpc) is 3.65. The topological polar surface area (TPSA) is 17.3 Å². The molecular formula is C52H36N2. The van der Waals surface area contributed by atoms with Gasteiger partial charge in [0.25, 0.3) is 0 Å². The third kappa shape index (κ3) is 5.23. The zero-order valence-electron chi connectivity index (χ0n) is 29.9. The van der Waals surface area contributed by atoms with Crippen molar-refractivity contribution in [1.29, 1.82) is 0 Å². The Labute approximate surface area is 314 Å². The number of fused-ring (bicyclic) bond motifs is 8. The summed E-state index contributed by atoms with van der Waals surface area (Å²) in [6.07, 6.45) is 8.58. The maximum Gasteiger partial charge on any atom is 0.146 e. The fourth-order valence-corrected chi connectivity index (χ4v) is 8.23. The van der Waals surface area contributed by atoms with Crippen molar-refractivity contribution in [2.24, 2.45) is 0 Å². The number of aromatic nitrogens is 2. The first kappa shape index (κ1) is 31.7. The first-order chi connectivity index (χ1) is 26.8. The Hall–Kier alpha value is -7.03. The highest BCUT2D eigenvalue weighted by Gasteiger charge is 2.22. The molecule has 2 heteroatoms. The van der Waals surface area contributed by atoms with E-state index in [4.69, 9.17) is 4.98 Å². The maximum atomic E-state index is 5.41. The van der Waals surface area contributed by atoms with Crippen molar-refractivity contribution >= 4 is 54.9 Å². The van der Waals surface area contributed by atoms with Crippen molar-refractivity contribution in [2.45, 2.75) is 6.92 Å². The molecule has 0 saturated carbocycles. The van der Waals surface area contributed by atoms with Gasteiger partial charge in [-0.25, -0.2) is 4.98 Å². The van der Waals surface area contributed by atoms with E-state index in [0.717, 1.165) is 39.1 Å². The molecule has 0 N–H and O–H groups in total. The molecule has 0 aliphatic carbocycles. The Morgan fingerprint density at radius 2 is 1.11 bits per heavy atom. The van der Waals surface area contributed by atoms with E-state index in [-0.39, 0.29) is 0 Å². The minimum atomic E-state index is 0.963. The van der Waals surface area contributed by atoms with Crippen LogP contribution in [0.2, 0.25) is 0 Å². The van der Waals surface area contributed by atoms with Gasteiger partial charge in [-0.15, -0.1) is 0 Å². The van der Waals surface area contributed by atoms with Crippen LogP contribution in [0, 0.1) is 0 Å². The lowest BCUT2D eigenvalue weighted by Crippen LogP contribution is -1.95. The van der Waals surface area contributed by atoms with Crippen LogP contribution in [0.25, 0.3) is 99.7 Å². The van der Waals surface area contributed by atoms with Crippen LogP contribution in [0.3, 0.4) is 0 Å². The minimum Gasteiger partial charge on any atom is -0.291 e. The van der Waals surface area contributed by atoms with E-state index in [2.05, 4.69) is 212 Å². The lowest BCUT2D eigenvalue weighted by Gasteiger charge is -2.18. The van der Waals surface area contributed by atoms with Gasteiger partial charge in [-0.2, -0.15) is 0 Å². The second-order valence-corrected chi connectivity index (χ2v) is 13.9. The van der Waals surface area contributed by atoms with Gasteiger partial charge >= 0.3 is 0 Å². The molecular weight excluding hydrogens is 653 g/mol. The number of allylic oxidation sites excluding steroid dienone is 3. The normalized spacial score (nSPS) is 12.0. The molecule has 0 amide bonds. The van der Waals surface area contributed by atoms with E-state index in [0.29, 0.717) is 0 Å².